The minimum absolute atomic E-state index is 0.0636. The number of ketones is 1. The third-order valence-corrected chi connectivity index (χ3v) is 3.16. The van der Waals surface area contributed by atoms with Gasteiger partial charge >= 0.3 is 0 Å². The summed E-state index contributed by atoms with van der Waals surface area (Å²) in [5, 5.41) is 0.506. The summed E-state index contributed by atoms with van der Waals surface area (Å²) in [4.78, 5) is 24.4. The van der Waals surface area contributed by atoms with Gasteiger partial charge in [-0.3, -0.25) is 9.79 Å². The smallest absolute Gasteiger partial charge is 0.202 e. The number of pyridine rings is 1. The lowest BCUT2D eigenvalue weighted by molar-refractivity contribution is 0.0997. The molecular formula is C14H19ClN4O2. The number of hydrogen-bond donors (Lipinski definition) is 0. The van der Waals surface area contributed by atoms with Gasteiger partial charge in [0.05, 0.1) is 19.6 Å². The average Bonchev–Trinajstić information content (AvgIpc) is 2.47. The van der Waals surface area contributed by atoms with Gasteiger partial charge in [0.1, 0.15) is 18.1 Å². The van der Waals surface area contributed by atoms with Gasteiger partial charge in [0, 0.05) is 32.2 Å². The maximum Gasteiger partial charge on any atom is 0.202 e. The van der Waals surface area contributed by atoms with Gasteiger partial charge in [-0.2, -0.15) is 0 Å². The fourth-order valence-electron chi connectivity index (χ4n) is 1.95. The molecule has 0 N–H and O–H groups in total. The molecule has 1 aromatic heterocycles. The van der Waals surface area contributed by atoms with Crippen molar-refractivity contribution in [3.8, 4) is 0 Å². The highest BCUT2D eigenvalue weighted by atomic mass is 35.5. The van der Waals surface area contributed by atoms with E-state index < -0.39 is 0 Å². The van der Waals surface area contributed by atoms with Crippen LogP contribution in [-0.2, 0) is 4.74 Å². The molecule has 1 fully saturated rings. The van der Waals surface area contributed by atoms with Crippen LogP contribution in [0.4, 0.5) is 5.82 Å². The Hall–Kier alpha value is -1.66. The lowest BCUT2D eigenvalue weighted by atomic mass is 10.2. The normalized spacial score (nSPS) is 15.5. The molecule has 0 unspecified atom stereocenters. The second-order valence-electron chi connectivity index (χ2n) is 4.97. The number of carbonyl (C=O) groups is 1. The summed E-state index contributed by atoms with van der Waals surface area (Å²) in [5.74, 6) is 0.566. The van der Waals surface area contributed by atoms with Crippen LogP contribution in [-0.4, -0.2) is 68.9 Å². The maximum atomic E-state index is 12.1. The van der Waals surface area contributed by atoms with E-state index in [0.717, 1.165) is 13.1 Å². The van der Waals surface area contributed by atoms with Crippen LogP contribution < -0.4 is 4.90 Å². The molecule has 0 amide bonds. The van der Waals surface area contributed by atoms with Crippen molar-refractivity contribution in [3.05, 3.63) is 22.8 Å². The number of aromatic nitrogens is 1. The van der Waals surface area contributed by atoms with E-state index in [9.17, 15) is 4.79 Å². The van der Waals surface area contributed by atoms with Crippen LogP contribution in [0.15, 0.2) is 17.1 Å². The molecule has 0 radical (unpaired) electrons. The van der Waals surface area contributed by atoms with Crippen LogP contribution >= 0.6 is 11.6 Å². The molecule has 1 aliphatic rings. The zero-order valence-corrected chi connectivity index (χ0v) is 13.0. The molecule has 1 aromatic rings. The Labute approximate surface area is 129 Å². The summed E-state index contributed by atoms with van der Waals surface area (Å²) < 4.78 is 5.31. The monoisotopic (exact) mass is 310 g/mol. The predicted octanol–water partition coefficient (Wildman–Crippen LogP) is 1.34. The molecule has 0 aliphatic carbocycles. The van der Waals surface area contributed by atoms with Crippen LogP contribution in [0.1, 0.15) is 10.5 Å². The first kappa shape index (κ1) is 15.7. The first-order chi connectivity index (χ1) is 10.1. The quantitative estimate of drug-likeness (QED) is 0.467. The van der Waals surface area contributed by atoms with Gasteiger partial charge in [0.15, 0.2) is 0 Å². The zero-order chi connectivity index (χ0) is 15.2. The van der Waals surface area contributed by atoms with Gasteiger partial charge in [-0.15, -0.1) is 0 Å². The third-order valence-electron chi connectivity index (χ3n) is 2.94. The molecule has 7 heteroatoms. The van der Waals surface area contributed by atoms with E-state index in [1.165, 1.54) is 0 Å². The lowest BCUT2D eigenvalue weighted by Gasteiger charge is -2.28. The molecule has 114 valence electrons. The van der Waals surface area contributed by atoms with Crippen molar-refractivity contribution < 1.29 is 9.53 Å². The number of ether oxygens (including phenoxy) is 1. The van der Waals surface area contributed by atoms with E-state index >= 15 is 0 Å². The molecule has 0 saturated carbocycles. The lowest BCUT2D eigenvalue weighted by Crippen LogP contribution is -2.37. The molecule has 0 atom stereocenters. The van der Waals surface area contributed by atoms with Crippen molar-refractivity contribution in [1.29, 1.82) is 0 Å². The maximum absolute atomic E-state index is 12.1. The average molecular weight is 311 g/mol. The minimum atomic E-state index is -0.148. The van der Waals surface area contributed by atoms with E-state index in [-0.39, 0.29) is 12.3 Å². The number of Topliss-reactive ketones (excluding diaryl/α,β-unsaturated/α-hetero) is 1. The molecule has 1 saturated heterocycles. The number of hydrogen-bond acceptors (Lipinski definition) is 5. The number of rotatable bonds is 5. The number of aliphatic imine (C=N–C) groups is 1. The summed E-state index contributed by atoms with van der Waals surface area (Å²) in [6, 6.07) is 3.35. The first-order valence-corrected chi connectivity index (χ1v) is 7.14. The summed E-state index contributed by atoms with van der Waals surface area (Å²) in [6.45, 7) is 2.88. The Morgan fingerprint density at radius 1 is 1.48 bits per heavy atom. The number of morpholine rings is 1. The molecule has 2 heterocycles. The number of carbonyl (C=O) groups excluding carboxylic acids is 1. The van der Waals surface area contributed by atoms with Crippen LogP contribution in [0.25, 0.3) is 0 Å². The predicted molar refractivity (Wildman–Crippen MR) is 83.7 cm³/mol. The second kappa shape index (κ2) is 7.38. The third kappa shape index (κ3) is 4.68. The highest BCUT2D eigenvalue weighted by molar-refractivity contribution is 6.31. The van der Waals surface area contributed by atoms with Gasteiger partial charge in [0.2, 0.25) is 5.78 Å². The van der Waals surface area contributed by atoms with Crippen molar-refractivity contribution >= 4 is 29.5 Å². The molecule has 2 rings (SSSR count). The van der Waals surface area contributed by atoms with E-state index in [4.69, 9.17) is 16.3 Å². The standard InChI is InChI=1S/C14H19ClN4O2/c1-18(2)10-16-9-13(20)12-7-11(15)8-14(17-12)19-3-5-21-6-4-19/h7-8,10H,3-6,9H2,1-2H3. The van der Waals surface area contributed by atoms with E-state index in [2.05, 4.69) is 14.9 Å². The van der Waals surface area contributed by atoms with Crippen LogP contribution in [0.2, 0.25) is 5.02 Å². The summed E-state index contributed by atoms with van der Waals surface area (Å²) in [5.41, 5.74) is 0.347. The summed E-state index contributed by atoms with van der Waals surface area (Å²) in [7, 11) is 3.70. The van der Waals surface area contributed by atoms with E-state index in [0.29, 0.717) is 29.7 Å². The van der Waals surface area contributed by atoms with Crippen molar-refractivity contribution in [2.75, 3.05) is 51.8 Å². The molecule has 0 spiro atoms. The number of anilines is 1. The number of nitrogens with zero attached hydrogens (tertiary/aromatic N) is 4. The zero-order valence-electron chi connectivity index (χ0n) is 12.3. The second-order valence-corrected chi connectivity index (χ2v) is 5.41. The van der Waals surface area contributed by atoms with Crippen molar-refractivity contribution in [3.63, 3.8) is 0 Å². The Balaban J connectivity index is 2.12. The molecule has 0 aromatic carbocycles. The van der Waals surface area contributed by atoms with Gasteiger partial charge < -0.3 is 14.5 Å². The van der Waals surface area contributed by atoms with Crippen LogP contribution in [0.3, 0.4) is 0 Å². The first-order valence-electron chi connectivity index (χ1n) is 6.76. The van der Waals surface area contributed by atoms with Gasteiger partial charge in [-0.05, 0) is 12.1 Å². The molecule has 21 heavy (non-hydrogen) atoms. The largest absolute Gasteiger partial charge is 0.378 e. The van der Waals surface area contributed by atoms with Crippen LogP contribution in [0, 0.1) is 0 Å². The van der Waals surface area contributed by atoms with Gasteiger partial charge in [-0.25, -0.2) is 4.98 Å². The fourth-order valence-corrected chi connectivity index (χ4v) is 2.15. The summed E-state index contributed by atoms with van der Waals surface area (Å²) >= 11 is 6.10. The van der Waals surface area contributed by atoms with Crippen LogP contribution in [0.5, 0.6) is 0 Å². The van der Waals surface area contributed by atoms with E-state index in [1.54, 1.807) is 23.4 Å². The van der Waals surface area contributed by atoms with E-state index in [1.807, 2.05) is 14.1 Å². The minimum Gasteiger partial charge on any atom is -0.378 e. The highest BCUT2D eigenvalue weighted by Gasteiger charge is 2.16. The Morgan fingerprint density at radius 2 is 2.19 bits per heavy atom. The topological polar surface area (TPSA) is 58.0 Å². The number of halogens is 1. The SMILES string of the molecule is CN(C)C=NCC(=O)c1cc(Cl)cc(N2CCOCC2)n1. The fraction of sp³-hybridized carbons (Fsp3) is 0.500. The van der Waals surface area contributed by atoms with Crippen molar-refractivity contribution in [2.24, 2.45) is 4.99 Å². The molecular weight excluding hydrogens is 292 g/mol. The Kier molecular flexibility index (Phi) is 5.52. The van der Waals surface area contributed by atoms with Crippen molar-refractivity contribution in [1.82, 2.24) is 9.88 Å². The summed E-state index contributed by atoms with van der Waals surface area (Å²) in [6.07, 6.45) is 1.60. The molecule has 1 aliphatic heterocycles. The Morgan fingerprint density at radius 3 is 2.86 bits per heavy atom. The van der Waals surface area contributed by atoms with Crippen molar-refractivity contribution in [2.45, 2.75) is 0 Å². The molecule has 6 nitrogen and oxygen atoms in total. The van der Waals surface area contributed by atoms with Gasteiger partial charge in [0.25, 0.3) is 0 Å². The Bertz CT molecular complexity index is 528. The molecule has 0 bridgehead atoms. The van der Waals surface area contributed by atoms with Gasteiger partial charge in [-0.1, -0.05) is 11.6 Å². The highest BCUT2D eigenvalue weighted by Crippen LogP contribution is 2.20.